The predicted octanol–water partition coefficient (Wildman–Crippen LogP) is 4.64. The average Bonchev–Trinajstić information content (AvgIpc) is 2.61. The van der Waals surface area contributed by atoms with Crippen LogP contribution in [0.5, 0.6) is 5.75 Å². The molecule has 7 heteroatoms. The fourth-order valence-corrected chi connectivity index (χ4v) is 3.44. The molecule has 1 fully saturated rings. The van der Waals surface area contributed by atoms with Gasteiger partial charge in [0.25, 0.3) is 5.91 Å². The van der Waals surface area contributed by atoms with E-state index in [9.17, 15) is 4.79 Å². The molecule has 0 spiro atoms. The highest BCUT2D eigenvalue weighted by Gasteiger charge is 2.17. The van der Waals surface area contributed by atoms with E-state index in [4.69, 9.17) is 27.9 Å². The quantitative estimate of drug-likeness (QED) is 0.803. The lowest BCUT2D eigenvalue weighted by molar-refractivity contribution is -0.118. The summed E-state index contributed by atoms with van der Waals surface area (Å²) in [4.78, 5) is 18.8. The molecular weight excluding hydrogens is 373 g/mol. The van der Waals surface area contributed by atoms with Crippen LogP contribution in [0.4, 0.5) is 11.5 Å². The molecule has 2 heterocycles. The van der Waals surface area contributed by atoms with Crippen LogP contribution in [0.1, 0.15) is 19.8 Å². The molecule has 0 radical (unpaired) electrons. The first kappa shape index (κ1) is 18.8. The van der Waals surface area contributed by atoms with E-state index in [1.165, 1.54) is 12.8 Å². The highest BCUT2D eigenvalue weighted by atomic mass is 35.5. The number of nitrogens with zero attached hydrogens (tertiary/aromatic N) is 2. The number of ether oxygens (including phenoxy) is 1. The first-order valence-electron chi connectivity index (χ1n) is 8.60. The van der Waals surface area contributed by atoms with Gasteiger partial charge in [-0.3, -0.25) is 4.79 Å². The van der Waals surface area contributed by atoms with E-state index >= 15 is 0 Å². The zero-order chi connectivity index (χ0) is 18.5. The number of halogens is 2. The van der Waals surface area contributed by atoms with Crippen molar-refractivity contribution in [1.82, 2.24) is 4.98 Å². The minimum absolute atomic E-state index is 0.146. The Labute approximate surface area is 163 Å². The summed E-state index contributed by atoms with van der Waals surface area (Å²) in [5.41, 5.74) is 0.634. The number of benzene rings is 1. The van der Waals surface area contributed by atoms with Gasteiger partial charge < -0.3 is 15.0 Å². The Kier molecular flexibility index (Phi) is 6.22. The maximum absolute atomic E-state index is 12.1. The van der Waals surface area contributed by atoms with Gasteiger partial charge in [0.1, 0.15) is 11.6 Å². The van der Waals surface area contributed by atoms with E-state index in [1.54, 1.807) is 24.4 Å². The van der Waals surface area contributed by atoms with Gasteiger partial charge in [0.15, 0.2) is 6.61 Å². The number of carbonyl (C=O) groups excluding carboxylic acids is 1. The van der Waals surface area contributed by atoms with E-state index in [0.29, 0.717) is 27.4 Å². The third-order valence-corrected chi connectivity index (χ3v) is 4.80. The van der Waals surface area contributed by atoms with Gasteiger partial charge in [-0.2, -0.15) is 0 Å². The van der Waals surface area contributed by atoms with Crippen LogP contribution in [0.2, 0.25) is 10.0 Å². The summed E-state index contributed by atoms with van der Waals surface area (Å²) in [6.07, 6.45) is 4.12. The summed E-state index contributed by atoms with van der Waals surface area (Å²) in [6.45, 7) is 4.16. The normalized spacial score (nSPS) is 17.0. The Morgan fingerprint density at radius 3 is 2.88 bits per heavy atom. The van der Waals surface area contributed by atoms with Gasteiger partial charge >= 0.3 is 0 Å². The van der Waals surface area contributed by atoms with Crippen LogP contribution in [0.3, 0.4) is 0 Å². The van der Waals surface area contributed by atoms with Crippen LogP contribution in [-0.4, -0.2) is 30.6 Å². The fraction of sp³-hybridized carbons (Fsp3) is 0.368. The Morgan fingerprint density at radius 1 is 1.35 bits per heavy atom. The minimum Gasteiger partial charge on any atom is -0.482 e. The highest BCUT2D eigenvalue weighted by Crippen LogP contribution is 2.27. The number of carbonyl (C=O) groups is 1. The molecule has 1 unspecified atom stereocenters. The van der Waals surface area contributed by atoms with E-state index < -0.39 is 0 Å². The number of nitrogens with one attached hydrogen (secondary N) is 1. The highest BCUT2D eigenvalue weighted by molar-refractivity contribution is 6.35. The van der Waals surface area contributed by atoms with Crippen molar-refractivity contribution in [2.24, 2.45) is 5.92 Å². The molecule has 0 aliphatic carbocycles. The van der Waals surface area contributed by atoms with E-state index in [2.05, 4.69) is 22.1 Å². The third kappa shape index (κ3) is 5.02. The smallest absolute Gasteiger partial charge is 0.262 e. The molecule has 1 aromatic heterocycles. The second kappa shape index (κ2) is 8.60. The molecule has 2 aromatic rings. The number of piperidine rings is 1. The molecule has 0 saturated carbocycles. The number of rotatable bonds is 5. The van der Waals surface area contributed by atoms with Crippen molar-refractivity contribution in [3.8, 4) is 5.75 Å². The SMILES string of the molecule is CC1CCCN(c2ccc(NC(=O)COc3ccc(Cl)cc3Cl)cn2)C1. The van der Waals surface area contributed by atoms with Crippen LogP contribution < -0.4 is 15.0 Å². The molecule has 0 bridgehead atoms. The molecule has 1 N–H and O–H groups in total. The van der Waals surface area contributed by atoms with Crippen molar-refractivity contribution >= 4 is 40.6 Å². The third-order valence-electron chi connectivity index (χ3n) is 4.27. The molecule has 1 saturated heterocycles. The zero-order valence-corrected chi connectivity index (χ0v) is 16.1. The van der Waals surface area contributed by atoms with Crippen molar-refractivity contribution in [1.29, 1.82) is 0 Å². The number of anilines is 2. The summed E-state index contributed by atoms with van der Waals surface area (Å²) in [5, 5.41) is 3.65. The second-order valence-corrected chi connectivity index (χ2v) is 7.35. The van der Waals surface area contributed by atoms with Crippen molar-refractivity contribution < 1.29 is 9.53 Å². The summed E-state index contributed by atoms with van der Waals surface area (Å²) < 4.78 is 5.43. The molecule has 1 atom stereocenters. The van der Waals surface area contributed by atoms with Crippen molar-refractivity contribution in [3.63, 3.8) is 0 Å². The first-order chi connectivity index (χ1) is 12.5. The maximum atomic E-state index is 12.1. The van der Waals surface area contributed by atoms with E-state index in [1.807, 2.05) is 12.1 Å². The molecule has 1 aliphatic heterocycles. The van der Waals surface area contributed by atoms with Gasteiger partial charge in [-0.25, -0.2) is 4.98 Å². The topological polar surface area (TPSA) is 54.5 Å². The van der Waals surface area contributed by atoms with Crippen molar-refractivity contribution in [2.75, 3.05) is 29.9 Å². The second-order valence-electron chi connectivity index (χ2n) is 6.51. The summed E-state index contributed by atoms with van der Waals surface area (Å²) in [6, 6.07) is 8.65. The fourth-order valence-electron chi connectivity index (χ4n) is 2.98. The Morgan fingerprint density at radius 2 is 2.19 bits per heavy atom. The lowest BCUT2D eigenvalue weighted by atomic mass is 10.0. The molecule has 26 heavy (non-hydrogen) atoms. The van der Waals surface area contributed by atoms with Gasteiger partial charge in [0, 0.05) is 18.1 Å². The van der Waals surface area contributed by atoms with Gasteiger partial charge in [0.05, 0.1) is 16.9 Å². The van der Waals surface area contributed by atoms with Gasteiger partial charge in [-0.15, -0.1) is 0 Å². The van der Waals surface area contributed by atoms with Crippen LogP contribution >= 0.6 is 23.2 Å². The lowest BCUT2D eigenvalue weighted by Crippen LogP contribution is -2.34. The molecule has 1 amide bonds. The molecule has 3 rings (SSSR count). The lowest BCUT2D eigenvalue weighted by Gasteiger charge is -2.31. The minimum atomic E-state index is -0.280. The number of hydrogen-bond donors (Lipinski definition) is 1. The van der Waals surface area contributed by atoms with Crippen LogP contribution in [0.25, 0.3) is 0 Å². The first-order valence-corrected chi connectivity index (χ1v) is 9.35. The summed E-state index contributed by atoms with van der Waals surface area (Å²) >= 11 is 11.9. The largest absolute Gasteiger partial charge is 0.482 e. The average molecular weight is 394 g/mol. The molecule has 138 valence electrons. The van der Waals surface area contributed by atoms with Gasteiger partial charge in [-0.05, 0) is 49.1 Å². The van der Waals surface area contributed by atoms with E-state index in [0.717, 1.165) is 18.9 Å². The number of amides is 1. The van der Waals surface area contributed by atoms with Gasteiger partial charge in [-0.1, -0.05) is 30.1 Å². The molecule has 5 nitrogen and oxygen atoms in total. The monoisotopic (exact) mass is 393 g/mol. The number of aromatic nitrogens is 1. The van der Waals surface area contributed by atoms with Crippen LogP contribution in [0.15, 0.2) is 36.5 Å². The standard InChI is InChI=1S/C19H21Cl2N3O2/c1-13-3-2-8-24(11-13)18-7-5-15(10-22-18)23-19(25)12-26-17-6-4-14(20)9-16(17)21/h4-7,9-10,13H,2-3,8,11-12H2,1H3,(H,23,25). The van der Waals surface area contributed by atoms with Crippen LogP contribution in [0, 0.1) is 5.92 Å². The molecule has 1 aromatic carbocycles. The predicted molar refractivity (Wildman–Crippen MR) is 105 cm³/mol. The van der Waals surface area contributed by atoms with E-state index in [-0.39, 0.29) is 12.5 Å². The Bertz CT molecular complexity index is 768. The van der Waals surface area contributed by atoms with Crippen molar-refractivity contribution in [3.05, 3.63) is 46.6 Å². The van der Waals surface area contributed by atoms with Crippen molar-refractivity contribution in [2.45, 2.75) is 19.8 Å². The summed E-state index contributed by atoms with van der Waals surface area (Å²) in [7, 11) is 0. The Hall–Kier alpha value is -1.98. The zero-order valence-electron chi connectivity index (χ0n) is 14.5. The molecule has 1 aliphatic rings. The number of hydrogen-bond acceptors (Lipinski definition) is 4. The Balaban J connectivity index is 1.52. The van der Waals surface area contributed by atoms with Crippen LogP contribution in [-0.2, 0) is 4.79 Å². The summed E-state index contributed by atoms with van der Waals surface area (Å²) in [5.74, 6) is 1.76. The maximum Gasteiger partial charge on any atom is 0.262 e. The molecular formula is C19H21Cl2N3O2. The number of pyridine rings is 1. The van der Waals surface area contributed by atoms with Gasteiger partial charge in [0.2, 0.25) is 0 Å².